The maximum absolute atomic E-state index is 13.9. The third kappa shape index (κ3) is 2.77. The van der Waals surface area contributed by atoms with Gasteiger partial charge in [0, 0.05) is 49.0 Å². The Morgan fingerprint density at radius 1 is 1.12 bits per heavy atom. The maximum atomic E-state index is 13.9. The zero-order valence-electron chi connectivity index (χ0n) is 18.0. The number of nitrogens with zero attached hydrogens (tertiary/aromatic N) is 5. The lowest BCUT2D eigenvalue weighted by Crippen LogP contribution is -2.41. The van der Waals surface area contributed by atoms with Crippen LogP contribution in [0.25, 0.3) is 22.3 Å². The first-order valence-corrected chi connectivity index (χ1v) is 10.8. The number of hydrogen-bond donors (Lipinski definition) is 0. The van der Waals surface area contributed by atoms with Crippen LogP contribution in [0.5, 0.6) is 0 Å². The van der Waals surface area contributed by atoms with Crippen LogP contribution in [-0.4, -0.2) is 36.2 Å². The van der Waals surface area contributed by atoms with E-state index in [1.807, 2.05) is 34.8 Å². The van der Waals surface area contributed by atoms with Gasteiger partial charge in [-0.15, -0.1) is 0 Å². The molecule has 3 aromatic heterocycles. The van der Waals surface area contributed by atoms with Crippen molar-refractivity contribution in [3.8, 4) is 11.3 Å². The van der Waals surface area contributed by atoms with E-state index in [4.69, 9.17) is 0 Å². The van der Waals surface area contributed by atoms with Crippen molar-refractivity contribution in [1.29, 1.82) is 0 Å². The van der Waals surface area contributed by atoms with Gasteiger partial charge in [0.15, 0.2) is 17.5 Å². The molecule has 0 spiro atoms. The molecule has 168 valence electrons. The Bertz CT molecular complexity index is 1430. The number of carbonyl (C=O) groups is 1. The van der Waals surface area contributed by atoms with Crippen LogP contribution < -0.4 is 0 Å². The molecule has 0 N–H and O–H groups in total. The summed E-state index contributed by atoms with van der Waals surface area (Å²) in [4.78, 5) is 20.0. The molecule has 6 rings (SSSR count). The number of pyridine rings is 1. The predicted octanol–water partition coefficient (Wildman–Crippen LogP) is 4.29. The fraction of sp³-hybridized carbons (Fsp3) is 0.292. The van der Waals surface area contributed by atoms with Gasteiger partial charge in [0.25, 0.3) is 5.91 Å². The molecule has 2 aliphatic heterocycles. The number of aryl methyl sites for hydroxylation is 2. The van der Waals surface area contributed by atoms with Gasteiger partial charge >= 0.3 is 0 Å². The molecule has 2 aliphatic rings. The van der Waals surface area contributed by atoms with Gasteiger partial charge in [-0.2, -0.15) is 5.10 Å². The fourth-order valence-electron chi connectivity index (χ4n) is 5.53. The Labute approximate surface area is 187 Å². The van der Waals surface area contributed by atoms with Gasteiger partial charge in [-0.1, -0.05) is 0 Å². The van der Waals surface area contributed by atoms with Crippen molar-refractivity contribution in [3.63, 3.8) is 0 Å². The average molecular weight is 451 g/mol. The summed E-state index contributed by atoms with van der Waals surface area (Å²) in [5.41, 5.74) is 3.73. The first-order chi connectivity index (χ1) is 15.8. The quantitative estimate of drug-likeness (QED) is 0.427. The van der Waals surface area contributed by atoms with E-state index < -0.39 is 17.5 Å². The summed E-state index contributed by atoms with van der Waals surface area (Å²) < 4.78 is 44.8. The minimum Gasteiger partial charge on any atom is -0.335 e. The number of carbonyl (C=O) groups excluding carboxylic acids is 1. The summed E-state index contributed by atoms with van der Waals surface area (Å²) in [6, 6.07) is 5.42. The van der Waals surface area contributed by atoms with Crippen LogP contribution in [0.2, 0.25) is 0 Å². The summed E-state index contributed by atoms with van der Waals surface area (Å²) in [7, 11) is 3.56. The number of aromatic nitrogens is 4. The van der Waals surface area contributed by atoms with Gasteiger partial charge in [0.05, 0.1) is 23.0 Å². The second-order valence-corrected chi connectivity index (χ2v) is 8.78. The number of benzene rings is 1. The number of amides is 1. The van der Waals surface area contributed by atoms with Gasteiger partial charge < -0.3 is 9.47 Å². The fourth-order valence-corrected chi connectivity index (χ4v) is 5.53. The van der Waals surface area contributed by atoms with Crippen LogP contribution in [0.15, 0.2) is 36.7 Å². The van der Waals surface area contributed by atoms with Crippen molar-refractivity contribution in [2.24, 2.45) is 14.1 Å². The van der Waals surface area contributed by atoms with Crippen LogP contribution in [0.1, 0.15) is 40.5 Å². The van der Waals surface area contributed by atoms with Gasteiger partial charge in [-0.25, -0.2) is 18.2 Å². The molecule has 33 heavy (non-hydrogen) atoms. The third-order valence-electron chi connectivity index (χ3n) is 6.89. The van der Waals surface area contributed by atoms with Gasteiger partial charge in [-0.05, 0) is 43.5 Å². The maximum Gasteiger partial charge on any atom is 0.256 e. The van der Waals surface area contributed by atoms with E-state index in [9.17, 15) is 18.0 Å². The molecule has 0 radical (unpaired) electrons. The second-order valence-electron chi connectivity index (χ2n) is 8.78. The Balaban J connectivity index is 1.43. The van der Waals surface area contributed by atoms with Gasteiger partial charge in [0.2, 0.25) is 0 Å². The highest BCUT2D eigenvalue weighted by atomic mass is 19.2. The van der Waals surface area contributed by atoms with Crippen molar-refractivity contribution in [1.82, 2.24) is 24.2 Å². The highest BCUT2D eigenvalue weighted by Gasteiger charge is 2.46. The zero-order valence-corrected chi connectivity index (χ0v) is 18.0. The van der Waals surface area contributed by atoms with Crippen molar-refractivity contribution >= 4 is 16.9 Å². The lowest BCUT2D eigenvalue weighted by Gasteiger charge is -2.34. The molecule has 1 saturated heterocycles. The Hall–Kier alpha value is -3.62. The summed E-state index contributed by atoms with van der Waals surface area (Å²) in [5, 5.41) is 5.45. The van der Waals surface area contributed by atoms with E-state index in [1.54, 1.807) is 17.9 Å². The molecule has 0 saturated carbocycles. The molecular weight excluding hydrogens is 431 g/mol. The summed E-state index contributed by atoms with van der Waals surface area (Å²) in [6.45, 7) is 0. The van der Waals surface area contributed by atoms with E-state index in [0.29, 0.717) is 17.7 Å². The molecule has 9 heteroatoms. The standard InChI is InChI=1S/C24H20F3N5O/c1-30-11-16(14-4-3-7-28-23(14)30)24(33)32-13-5-6-19(32)21-15(10-13)22(31(2)29-21)12-8-17(25)20(27)18(26)9-12/h3-4,7-9,11,13,19H,5-6,10H2,1-2H3/t13-,19+/m1/s1. The van der Waals surface area contributed by atoms with Gasteiger partial charge in [0.1, 0.15) is 5.65 Å². The van der Waals surface area contributed by atoms with E-state index >= 15 is 0 Å². The minimum atomic E-state index is -1.49. The molecule has 1 fully saturated rings. The summed E-state index contributed by atoms with van der Waals surface area (Å²) in [5.74, 6) is -4.03. The van der Waals surface area contributed by atoms with Crippen molar-refractivity contribution in [3.05, 3.63) is 70.9 Å². The topological polar surface area (TPSA) is 56.0 Å². The van der Waals surface area contributed by atoms with Crippen LogP contribution in [0.4, 0.5) is 13.2 Å². The molecule has 4 aromatic rings. The lowest BCUT2D eigenvalue weighted by molar-refractivity contribution is 0.0644. The summed E-state index contributed by atoms with van der Waals surface area (Å²) in [6.07, 6.45) is 5.59. The Morgan fingerprint density at radius 2 is 1.88 bits per heavy atom. The molecule has 1 aromatic carbocycles. The predicted molar refractivity (Wildman–Crippen MR) is 115 cm³/mol. The number of halogens is 3. The highest BCUT2D eigenvalue weighted by Crippen LogP contribution is 2.47. The largest absolute Gasteiger partial charge is 0.335 e. The number of hydrogen-bond acceptors (Lipinski definition) is 3. The first kappa shape index (κ1) is 20.0. The Kier molecular flexibility index (Phi) is 4.21. The number of fused-ring (bicyclic) bond motifs is 5. The van der Waals surface area contributed by atoms with Crippen molar-refractivity contribution in [2.45, 2.75) is 31.3 Å². The van der Waals surface area contributed by atoms with Crippen LogP contribution in [0.3, 0.4) is 0 Å². The van der Waals surface area contributed by atoms with Crippen LogP contribution in [-0.2, 0) is 20.5 Å². The second kappa shape index (κ2) is 6.94. The molecule has 0 unspecified atom stereocenters. The zero-order chi connectivity index (χ0) is 23.0. The van der Waals surface area contributed by atoms with E-state index in [0.717, 1.165) is 47.3 Å². The van der Waals surface area contributed by atoms with Crippen LogP contribution >= 0.6 is 0 Å². The summed E-state index contributed by atoms with van der Waals surface area (Å²) >= 11 is 0. The highest BCUT2D eigenvalue weighted by molar-refractivity contribution is 6.06. The van der Waals surface area contributed by atoms with Crippen molar-refractivity contribution in [2.75, 3.05) is 0 Å². The molecule has 2 atom stereocenters. The van der Waals surface area contributed by atoms with Gasteiger partial charge in [-0.3, -0.25) is 9.48 Å². The molecular formula is C24H20F3N5O. The average Bonchev–Trinajstić information content (AvgIpc) is 3.43. The molecule has 1 amide bonds. The monoisotopic (exact) mass is 451 g/mol. The molecule has 2 bridgehead atoms. The normalized spacial score (nSPS) is 19.4. The SMILES string of the molecule is Cn1nc2c(c1-c1cc(F)c(F)c(F)c1)C[C@H]1CC[C@@H]2N1C(=O)c1cn(C)c2ncccc12. The van der Waals surface area contributed by atoms with E-state index in [-0.39, 0.29) is 23.6 Å². The van der Waals surface area contributed by atoms with E-state index in [2.05, 4.69) is 10.1 Å². The molecule has 5 heterocycles. The molecule has 6 nitrogen and oxygen atoms in total. The lowest BCUT2D eigenvalue weighted by atomic mass is 9.94. The minimum absolute atomic E-state index is 0.0555. The van der Waals surface area contributed by atoms with Crippen molar-refractivity contribution < 1.29 is 18.0 Å². The van der Waals surface area contributed by atoms with Crippen LogP contribution in [0, 0.1) is 17.5 Å². The smallest absolute Gasteiger partial charge is 0.256 e. The third-order valence-corrected chi connectivity index (χ3v) is 6.89. The Morgan fingerprint density at radius 3 is 2.64 bits per heavy atom. The first-order valence-electron chi connectivity index (χ1n) is 10.8. The number of rotatable bonds is 2. The molecule has 0 aliphatic carbocycles. The van der Waals surface area contributed by atoms with E-state index in [1.165, 1.54) is 0 Å².